The first kappa shape index (κ1) is 16.1. The molecule has 0 amide bonds. The SMILES string of the molecule is CCC/C(=C/c1coc2nc(N)nc(N)c12)c1ccc2ccccc2c1. The zero-order chi connectivity index (χ0) is 18.1. The van der Waals surface area contributed by atoms with Gasteiger partial charge in [0, 0.05) is 5.56 Å². The molecule has 0 radical (unpaired) electrons. The van der Waals surface area contributed by atoms with Crippen LogP contribution < -0.4 is 11.5 Å². The summed E-state index contributed by atoms with van der Waals surface area (Å²) in [6, 6.07) is 14.9. The maximum Gasteiger partial charge on any atom is 0.233 e. The van der Waals surface area contributed by atoms with E-state index in [4.69, 9.17) is 15.9 Å². The molecular weight excluding hydrogens is 324 g/mol. The van der Waals surface area contributed by atoms with Crippen molar-refractivity contribution in [2.75, 3.05) is 11.5 Å². The van der Waals surface area contributed by atoms with Gasteiger partial charge in [-0.1, -0.05) is 49.7 Å². The highest BCUT2D eigenvalue weighted by atomic mass is 16.3. The Balaban J connectivity index is 1.85. The van der Waals surface area contributed by atoms with Crippen molar-refractivity contribution in [1.82, 2.24) is 9.97 Å². The molecule has 4 aromatic rings. The van der Waals surface area contributed by atoms with Gasteiger partial charge in [-0.2, -0.15) is 9.97 Å². The number of anilines is 2. The topological polar surface area (TPSA) is 91.0 Å². The van der Waals surface area contributed by atoms with E-state index in [2.05, 4.69) is 65.4 Å². The third-order valence-corrected chi connectivity index (χ3v) is 4.48. The van der Waals surface area contributed by atoms with E-state index in [0.29, 0.717) is 16.9 Å². The van der Waals surface area contributed by atoms with E-state index >= 15 is 0 Å². The van der Waals surface area contributed by atoms with E-state index in [-0.39, 0.29) is 5.95 Å². The van der Waals surface area contributed by atoms with Crippen LogP contribution in [0.1, 0.15) is 30.9 Å². The lowest BCUT2D eigenvalue weighted by Crippen LogP contribution is -1.99. The van der Waals surface area contributed by atoms with Gasteiger partial charge in [0.1, 0.15) is 12.1 Å². The van der Waals surface area contributed by atoms with Crippen molar-refractivity contribution in [3.63, 3.8) is 0 Å². The second kappa shape index (κ2) is 6.52. The zero-order valence-corrected chi connectivity index (χ0v) is 14.6. The average molecular weight is 344 g/mol. The molecule has 0 aliphatic carbocycles. The van der Waals surface area contributed by atoms with Crippen molar-refractivity contribution >= 4 is 45.3 Å². The summed E-state index contributed by atoms with van der Waals surface area (Å²) in [4.78, 5) is 8.17. The monoisotopic (exact) mass is 344 g/mol. The van der Waals surface area contributed by atoms with E-state index in [1.165, 1.54) is 21.9 Å². The molecule has 0 spiro atoms. The fraction of sp³-hybridized carbons (Fsp3) is 0.143. The van der Waals surface area contributed by atoms with Crippen LogP contribution in [0.5, 0.6) is 0 Å². The molecule has 26 heavy (non-hydrogen) atoms. The quantitative estimate of drug-likeness (QED) is 0.550. The van der Waals surface area contributed by atoms with Crippen LogP contribution in [0.3, 0.4) is 0 Å². The van der Waals surface area contributed by atoms with Crippen LogP contribution in [0.2, 0.25) is 0 Å². The lowest BCUT2D eigenvalue weighted by molar-refractivity contribution is 0.602. The van der Waals surface area contributed by atoms with Gasteiger partial charge in [0.25, 0.3) is 0 Å². The van der Waals surface area contributed by atoms with Crippen molar-refractivity contribution in [3.8, 4) is 0 Å². The van der Waals surface area contributed by atoms with Crippen molar-refractivity contribution in [2.24, 2.45) is 0 Å². The molecule has 2 aromatic heterocycles. The molecule has 0 fully saturated rings. The summed E-state index contributed by atoms with van der Waals surface area (Å²) < 4.78 is 5.54. The Kier molecular flexibility index (Phi) is 4.05. The van der Waals surface area contributed by atoms with E-state index in [1.54, 1.807) is 6.26 Å². The number of benzene rings is 2. The first-order valence-electron chi connectivity index (χ1n) is 8.65. The van der Waals surface area contributed by atoms with Gasteiger partial charge in [0.15, 0.2) is 0 Å². The number of aromatic nitrogens is 2. The number of furan rings is 1. The maximum absolute atomic E-state index is 6.04. The molecule has 0 atom stereocenters. The van der Waals surface area contributed by atoms with Gasteiger partial charge < -0.3 is 15.9 Å². The highest BCUT2D eigenvalue weighted by Crippen LogP contribution is 2.31. The van der Waals surface area contributed by atoms with Crippen molar-refractivity contribution in [3.05, 3.63) is 59.9 Å². The Labute approximate surface area is 151 Å². The predicted octanol–water partition coefficient (Wildman–Crippen LogP) is 4.88. The summed E-state index contributed by atoms with van der Waals surface area (Å²) in [5.74, 6) is 0.449. The molecule has 4 N–H and O–H groups in total. The van der Waals surface area contributed by atoms with Crippen LogP contribution in [-0.4, -0.2) is 9.97 Å². The number of nitrogen functional groups attached to an aromatic ring is 2. The Morgan fingerprint density at radius 2 is 1.88 bits per heavy atom. The summed E-state index contributed by atoms with van der Waals surface area (Å²) in [5.41, 5.74) is 15.4. The van der Waals surface area contributed by atoms with Crippen molar-refractivity contribution in [2.45, 2.75) is 19.8 Å². The number of hydrogen-bond donors (Lipinski definition) is 2. The first-order valence-corrected chi connectivity index (χ1v) is 8.65. The van der Waals surface area contributed by atoms with Crippen molar-refractivity contribution in [1.29, 1.82) is 0 Å². The van der Waals surface area contributed by atoms with Crippen LogP contribution in [0.4, 0.5) is 11.8 Å². The normalized spacial score (nSPS) is 12.1. The molecule has 0 aliphatic rings. The van der Waals surface area contributed by atoms with Crippen LogP contribution >= 0.6 is 0 Å². The third-order valence-electron chi connectivity index (χ3n) is 4.48. The highest BCUT2D eigenvalue weighted by Gasteiger charge is 2.13. The maximum atomic E-state index is 6.04. The first-order chi connectivity index (χ1) is 12.7. The number of nitrogens with zero attached hydrogens (tertiary/aromatic N) is 2. The van der Waals surface area contributed by atoms with E-state index < -0.39 is 0 Å². The van der Waals surface area contributed by atoms with E-state index in [9.17, 15) is 0 Å². The zero-order valence-electron chi connectivity index (χ0n) is 14.6. The summed E-state index contributed by atoms with van der Waals surface area (Å²) >= 11 is 0. The number of allylic oxidation sites excluding steroid dienone is 1. The molecule has 0 bridgehead atoms. The number of fused-ring (bicyclic) bond motifs is 2. The lowest BCUT2D eigenvalue weighted by atomic mass is 9.96. The minimum atomic E-state index is 0.114. The summed E-state index contributed by atoms with van der Waals surface area (Å²) in [7, 11) is 0. The van der Waals surface area contributed by atoms with E-state index in [1.807, 2.05) is 0 Å². The molecule has 0 unspecified atom stereocenters. The van der Waals surface area contributed by atoms with Gasteiger partial charge in [-0.3, -0.25) is 0 Å². The Morgan fingerprint density at radius 3 is 2.69 bits per heavy atom. The van der Waals surface area contributed by atoms with Crippen molar-refractivity contribution < 1.29 is 4.42 Å². The lowest BCUT2D eigenvalue weighted by Gasteiger charge is -2.08. The minimum Gasteiger partial charge on any atom is -0.445 e. The Bertz CT molecular complexity index is 1130. The molecule has 0 aliphatic heterocycles. The third kappa shape index (κ3) is 2.88. The fourth-order valence-corrected chi connectivity index (χ4v) is 3.26. The van der Waals surface area contributed by atoms with E-state index in [0.717, 1.165) is 18.4 Å². The highest BCUT2D eigenvalue weighted by molar-refractivity contribution is 5.98. The molecule has 0 saturated carbocycles. The number of rotatable bonds is 4. The van der Waals surface area contributed by atoms with Gasteiger partial charge >= 0.3 is 0 Å². The second-order valence-electron chi connectivity index (χ2n) is 6.32. The molecular formula is C21H20N4O. The van der Waals surface area contributed by atoms with Crippen LogP contribution in [0.25, 0.3) is 33.5 Å². The molecule has 4 rings (SSSR count). The van der Waals surface area contributed by atoms with Gasteiger partial charge in [-0.15, -0.1) is 0 Å². The average Bonchev–Trinajstić information content (AvgIpc) is 3.04. The number of nitrogens with two attached hydrogens (primary N) is 2. The molecule has 130 valence electrons. The summed E-state index contributed by atoms with van der Waals surface area (Å²) in [6.07, 6.45) is 5.75. The Hall–Kier alpha value is -3.34. The van der Waals surface area contributed by atoms with Crippen LogP contribution in [0, 0.1) is 0 Å². The molecule has 5 heteroatoms. The van der Waals surface area contributed by atoms with Gasteiger partial charge in [-0.25, -0.2) is 0 Å². The smallest absolute Gasteiger partial charge is 0.233 e. The van der Waals surface area contributed by atoms with Crippen LogP contribution in [-0.2, 0) is 0 Å². The Morgan fingerprint density at radius 1 is 1.08 bits per heavy atom. The van der Waals surface area contributed by atoms with Gasteiger partial charge in [-0.05, 0) is 40.5 Å². The van der Waals surface area contributed by atoms with Crippen LogP contribution in [0.15, 0.2) is 53.1 Å². The summed E-state index contributed by atoms with van der Waals surface area (Å²) in [6.45, 7) is 2.17. The molecule has 2 heterocycles. The number of hydrogen-bond acceptors (Lipinski definition) is 5. The summed E-state index contributed by atoms with van der Waals surface area (Å²) in [5, 5.41) is 3.15. The van der Waals surface area contributed by atoms with Gasteiger partial charge in [0.05, 0.1) is 5.39 Å². The minimum absolute atomic E-state index is 0.114. The molecule has 0 saturated heterocycles. The standard InChI is InChI=1S/C21H20N4O/c1-2-5-14(16-9-8-13-6-3-4-7-15(13)10-16)11-17-12-26-20-18(17)19(22)24-21(23)25-20/h3-4,6-12H,2,5H2,1H3,(H4,22,23,24,25)/b14-11-. The largest absolute Gasteiger partial charge is 0.445 e. The molecule has 2 aromatic carbocycles. The predicted molar refractivity (Wildman–Crippen MR) is 107 cm³/mol. The van der Waals surface area contributed by atoms with Gasteiger partial charge in [0.2, 0.25) is 11.7 Å². The molecule has 5 nitrogen and oxygen atoms in total. The second-order valence-corrected chi connectivity index (χ2v) is 6.32. The fourth-order valence-electron chi connectivity index (χ4n) is 3.26.